The van der Waals surface area contributed by atoms with Gasteiger partial charge >= 0.3 is 6.09 Å². The van der Waals surface area contributed by atoms with E-state index in [1.165, 1.54) is 22.7 Å². The Hall–Kier alpha value is -6.07. The van der Waals surface area contributed by atoms with Gasteiger partial charge in [0.15, 0.2) is 0 Å². The number of anilines is 2. The Morgan fingerprint density at radius 2 is 1.28 bits per heavy atom. The molecule has 2 atom stereocenters. The summed E-state index contributed by atoms with van der Waals surface area (Å²) in [7, 11) is 0. The van der Waals surface area contributed by atoms with Crippen LogP contribution in [0.25, 0.3) is 20.4 Å². The Balaban J connectivity index is 0.000000189. The number of thiophene rings is 2. The van der Waals surface area contributed by atoms with E-state index in [1.54, 1.807) is 21.3 Å². The molecule has 2 aliphatic rings. The van der Waals surface area contributed by atoms with Crippen LogP contribution in [-0.2, 0) is 17.8 Å². The molecule has 0 unspecified atom stereocenters. The summed E-state index contributed by atoms with van der Waals surface area (Å²) < 4.78 is 10.0. The lowest BCUT2D eigenvalue weighted by molar-refractivity contribution is 0.0499. The zero-order valence-corrected chi connectivity index (χ0v) is 36.7. The molecule has 0 bridgehead atoms. The number of carbonyl (C=O) groups excluding carboxylic acids is 1. The summed E-state index contributed by atoms with van der Waals surface area (Å²) in [5.74, 6) is 1.21. The van der Waals surface area contributed by atoms with E-state index in [-0.39, 0.29) is 29.7 Å². The van der Waals surface area contributed by atoms with Crippen molar-refractivity contribution in [2.75, 3.05) is 36.0 Å². The van der Waals surface area contributed by atoms with Gasteiger partial charge in [-0.25, -0.2) is 14.8 Å². The molecular weight excluding hydrogens is 809 g/mol. The predicted molar refractivity (Wildman–Crippen MR) is 242 cm³/mol. The first-order valence-corrected chi connectivity index (χ1v) is 22.2. The molecule has 0 saturated carbocycles. The second kappa shape index (κ2) is 18.3. The number of aromatic nitrogens is 4. The molecule has 6 aromatic rings. The van der Waals surface area contributed by atoms with E-state index in [0.717, 1.165) is 60.0 Å². The van der Waals surface area contributed by atoms with Crippen molar-refractivity contribution in [3.8, 4) is 12.1 Å². The minimum absolute atomic E-state index is 0.0556. The van der Waals surface area contributed by atoms with E-state index in [2.05, 4.69) is 27.3 Å². The molecule has 4 aromatic heterocycles. The monoisotopic (exact) mass is 858 g/mol. The normalized spacial score (nSPS) is 16.7. The van der Waals surface area contributed by atoms with Gasteiger partial charge in [0.2, 0.25) is 11.9 Å². The van der Waals surface area contributed by atoms with Gasteiger partial charge in [-0.15, -0.1) is 22.7 Å². The summed E-state index contributed by atoms with van der Waals surface area (Å²) >= 11 is 2.82. The third-order valence-corrected chi connectivity index (χ3v) is 12.9. The number of nitrogens with zero attached hydrogens (tertiary/aromatic N) is 8. The summed E-state index contributed by atoms with van der Waals surface area (Å²) in [6.45, 7) is 12.7. The molecule has 316 valence electrons. The zero-order chi connectivity index (χ0) is 43.4. The van der Waals surface area contributed by atoms with Crippen LogP contribution in [0.2, 0.25) is 0 Å². The number of rotatable bonds is 7. The number of amides is 1. The molecule has 2 fully saturated rings. The Labute approximate surface area is 362 Å². The number of carbonyl (C=O) groups is 1. The minimum atomic E-state index is -0.573. The molecular formula is C45H50N10O4S2. The lowest BCUT2D eigenvalue weighted by Crippen LogP contribution is -2.50. The Morgan fingerprint density at radius 3 is 1.75 bits per heavy atom. The first-order valence-electron chi connectivity index (χ1n) is 20.4. The number of nitrogens with two attached hydrogens (primary N) is 1. The Bertz CT molecular complexity index is 2790. The lowest BCUT2D eigenvalue weighted by atomic mass is 10.1. The highest BCUT2D eigenvalue weighted by Crippen LogP contribution is 2.28. The maximum Gasteiger partial charge on any atom is 0.407 e. The fourth-order valence-electron chi connectivity index (χ4n) is 7.79. The molecule has 2 saturated heterocycles. The van der Waals surface area contributed by atoms with Gasteiger partial charge in [0.05, 0.1) is 47.4 Å². The second-order valence-electron chi connectivity index (χ2n) is 16.6. The fourth-order valence-corrected chi connectivity index (χ4v) is 9.66. The van der Waals surface area contributed by atoms with E-state index in [1.807, 2.05) is 81.8 Å². The first kappa shape index (κ1) is 43.0. The van der Waals surface area contributed by atoms with Gasteiger partial charge < -0.3 is 25.6 Å². The SMILES string of the molecule is Cc1csc2c(=O)n(Cc3ccccc3C#N)c(N3CCC[C@@H](N)C3)nc12.Cc1csc2c(=O)n(Cc3ccccc3C#N)c(N3CCC[C@@H](NC(=O)OC(C)(C)C)C3)nc12. The standard InChI is InChI=1S/C25H29N5O3S.C20H21N5OS/c1-16-15-34-21-20(16)28-23(30(22(21)31)13-18-9-6-5-8-17(18)12-26)29-11-7-10-19(14-29)27-24(32)33-25(2,3)4;1-13-12-27-18-17(13)23-20(24-8-4-7-16(22)11-24)25(19(18)26)10-15-6-3-2-5-14(15)9-21/h5-6,8-9,15,19H,7,10-11,13-14H2,1-4H3,(H,27,32);2-3,5-6,12,16H,4,7-8,10-11,22H2,1H3/t19-;16-/m11/s1. The summed E-state index contributed by atoms with van der Waals surface area (Å²) in [4.78, 5) is 53.1. The van der Waals surface area contributed by atoms with Crippen molar-refractivity contribution in [2.24, 2.45) is 5.73 Å². The number of ether oxygens (including phenoxy) is 1. The van der Waals surface area contributed by atoms with E-state index in [9.17, 15) is 24.9 Å². The van der Waals surface area contributed by atoms with Crippen molar-refractivity contribution in [1.82, 2.24) is 24.4 Å². The highest BCUT2D eigenvalue weighted by atomic mass is 32.1. The van der Waals surface area contributed by atoms with Gasteiger partial charge in [0, 0.05) is 38.3 Å². The molecule has 16 heteroatoms. The molecule has 3 N–H and O–H groups in total. The maximum absolute atomic E-state index is 13.6. The number of alkyl carbamates (subject to hydrolysis) is 1. The molecule has 2 aliphatic heterocycles. The van der Waals surface area contributed by atoms with Crippen LogP contribution in [0.5, 0.6) is 0 Å². The lowest BCUT2D eigenvalue weighted by Gasteiger charge is -2.35. The van der Waals surface area contributed by atoms with Crippen LogP contribution >= 0.6 is 22.7 Å². The third-order valence-electron chi connectivity index (χ3n) is 10.8. The van der Waals surface area contributed by atoms with Gasteiger partial charge in [-0.3, -0.25) is 18.7 Å². The van der Waals surface area contributed by atoms with Gasteiger partial charge in [-0.1, -0.05) is 36.4 Å². The molecule has 6 heterocycles. The summed E-state index contributed by atoms with van der Waals surface area (Å²) in [5.41, 5.74) is 11.6. The van der Waals surface area contributed by atoms with E-state index >= 15 is 0 Å². The van der Waals surface area contributed by atoms with Crippen molar-refractivity contribution in [3.63, 3.8) is 0 Å². The van der Waals surface area contributed by atoms with Gasteiger partial charge in [-0.2, -0.15) is 10.5 Å². The average Bonchev–Trinajstić information content (AvgIpc) is 3.81. The number of nitriles is 2. The number of hydrogen-bond donors (Lipinski definition) is 2. The molecule has 61 heavy (non-hydrogen) atoms. The molecule has 0 radical (unpaired) electrons. The molecule has 0 aliphatic carbocycles. The van der Waals surface area contributed by atoms with Crippen molar-refractivity contribution >= 4 is 61.1 Å². The summed E-state index contributed by atoms with van der Waals surface area (Å²) in [6, 6.07) is 19.1. The van der Waals surface area contributed by atoms with Crippen LogP contribution in [0.1, 0.15) is 79.8 Å². The van der Waals surface area contributed by atoms with Crippen LogP contribution < -0.4 is 32.0 Å². The second-order valence-corrected chi connectivity index (χ2v) is 18.4. The van der Waals surface area contributed by atoms with E-state index in [4.69, 9.17) is 20.4 Å². The van der Waals surface area contributed by atoms with Crippen LogP contribution in [0, 0.1) is 36.5 Å². The molecule has 2 aromatic carbocycles. The average molecular weight is 859 g/mol. The van der Waals surface area contributed by atoms with E-state index < -0.39 is 11.7 Å². The fraction of sp³-hybridized carbons (Fsp3) is 0.400. The molecule has 8 rings (SSSR count). The van der Waals surface area contributed by atoms with Crippen LogP contribution in [0.4, 0.5) is 16.7 Å². The minimum Gasteiger partial charge on any atom is -0.444 e. The topological polar surface area (TPSA) is 188 Å². The first-order chi connectivity index (χ1) is 29.2. The van der Waals surface area contributed by atoms with Gasteiger partial charge in [0.25, 0.3) is 11.1 Å². The van der Waals surface area contributed by atoms with Crippen LogP contribution in [0.15, 0.2) is 68.9 Å². The summed E-state index contributed by atoms with van der Waals surface area (Å²) in [6.07, 6.45) is 3.17. The highest BCUT2D eigenvalue weighted by molar-refractivity contribution is 7.17. The smallest absolute Gasteiger partial charge is 0.407 e. The predicted octanol–water partition coefficient (Wildman–Crippen LogP) is 6.79. The number of aryl methyl sites for hydroxylation is 2. The number of benzene rings is 2. The Morgan fingerprint density at radius 1 is 0.803 bits per heavy atom. The molecule has 0 spiro atoms. The number of fused-ring (bicyclic) bond motifs is 2. The van der Waals surface area contributed by atoms with Crippen molar-refractivity contribution in [1.29, 1.82) is 10.5 Å². The maximum atomic E-state index is 13.6. The van der Waals surface area contributed by atoms with Crippen molar-refractivity contribution in [2.45, 2.75) is 91.1 Å². The largest absolute Gasteiger partial charge is 0.444 e. The number of nitrogens with one attached hydrogen (secondary N) is 1. The van der Waals surface area contributed by atoms with Crippen LogP contribution in [-0.4, -0.2) is 69.1 Å². The van der Waals surface area contributed by atoms with E-state index in [0.29, 0.717) is 64.1 Å². The third kappa shape index (κ3) is 9.62. The van der Waals surface area contributed by atoms with Gasteiger partial charge in [0.1, 0.15) is 15.0 Å². The summed E-state index contributed by atoms with van der Waals surface area (Å²) in [5, 5.41) is 25.8. The highest BCUT2D eigenvalue weighted by Gasteiger charge is 2.28. The Kier molecular flexibility index (Phi) is 12.9. The molecule has 14 nitrogen and oxygen atoms in total. The van der Waals surface area contributed by atoms with Crippen molar-refractivity contribution < 1.29 is 9.53 Å². The number of piperidine rings is 2. The van der Waals surface area contributed by atoms with Crippen LogP contribution in [0.3, 0.4) is 0 Å². The van der Waals surface area contributed by atoms with Crippen molar-refractivity contribution in [3.05, 3.63) is 113 Å². The zero-order valence-electron chi connectivity index (χ0n) is 35.1. The van der Waals surface area contributed by atoms with Gasteiger partial charge in [-0.05, 0) is 105 Å². The molecule has 1 amide bonds. The quantitative estimate of drug-likeness (QED) is 0.172. The number of hydrogen-bond acceptors (Lipinski definition) is 13.